The van der Waals surface area contributed by atoms with Crippen LogP contribution in [0.1, 0.15) is 0 Å². The molecule has 0 aromatic heterocycles. The number of nitrogen functional groups attached to an aromatic ring is 1. The molecule has 0 amide bonds. The molecule has 49 valence electrons. The summed E-state index contributed by atoms with van der Waals surface area (Å²) in [4.78, 5) is 0. The van der Waals surface area contributed by atoms with E-state index in [-0.39, 0.29) is 0 Å². The number of anilines is 1. The second kappa shape index (κ2) is 2.69. The Bertz CT molecular complexity index is 234. The van der Waals surface area contributed by atoms with Gasteiger partial charge in [0.05, 0.1) is 0 Å². The number of nitrogens with zero attached hydrogens (tertiary/aromatic N) is 1. The first-order chi connectivity index (χ1) is 4.33. The molecule has 2 nitrogen and oxygen atoms in total. The van der Waals surface area contributed by atoms with Crippen molar-refractivity contribution in [3.05, 3.63) is 24.3 Å². The summed E-state index contributed by atoms with van der Waals surface area (Å²) in [6.07, 6.45) is 0. The number of rotatable bonds is 0. The fourth-order valence-corrected chi connectivity index (χ4v) is 0.834. The molecule has 0 saturated carbocycles. The van der Waals surface area contributed by atoms with Gasteiger partial charge in [0.25, 0.3) is 0 Å². The van der Waals surface area contributed by atoms with Gasteiger partial charge in [0, 0.05) is 0 Å². The minimum absolute atomic E-state index is 0.323. The fourth-order valence-electron chi connectivity index (χ4n) is 0.505. The van der Waals surface area contributed by atoms with E-state index in [1.54, 1.807) is 24.3 Å². The first-order valence-electron chi connectivity index (χ1n) is 2.43. The molecule has 2 N–H and O–H groups in total. The molecule has 0 saturated heterocycles. The Labute approximate surface area is 59.3 Å². The molecule has 0 spiro atoms. The van der Waals surface area contributed by atoms with Crippen LogP contribution >= 0.6 is 0 Å². The van der Waals surface area contributed by atoms with Crippen LogP contribution in [0, 0.1) is 4.23 Å². The zero-order valence-electron chi connectivity index (χ0n) is 4.67. The van der Waals surface area contributed by atoms with E-state index in [4.69, 9.17) is 9.97 Å². The third-order valence-electron chi connectivity index (χ3n) is 0.941. The Morgan fingerprint density at radius 2 is 1.78 bits per heavy atom. The van der Waals surface area contributed by atoms with E-state index >= 15 is 0 Å². The molecule has 0 aliphatic rings. The van der Waals surface area contributed by atoms with Crippen LogP contribution in [0.5, 0.6) is 0 Å². The summed E-state index contributed by atoms with van der Waals surface area (Å²) in [6, 6.07) is 7.10. The van der Waals surface area contributed by atoms with Gasteiger partial charge in [0.2, 0.25) is 0 Å². The summed E-state index contributed by atoms with van der Waals surface area (Å²) in [5.74, 6) is 0. The average molecular weight is 165 g/mol. The van der Waals surface area contributed by atoms with Gasteiger partial charge in [-0.2, -0.15) is 0 Å². The second-order valence-electron chi connectivity index (χ2n) is 1.60. The van der Waals surface area contributed by atoms with Crippen LogP contribution in [-0.2, 0) is 14.3 Å². The molecule has 1 aromatic carbocycles. The minimum atomic E-state index is 0.323. The molecule has 0 fully saturated rings. The summed E-state index contributed by atoms with van der Waals surface area (Å²) >= 11 is 0.323. The van der Waals surface area contributed by atoms with Crippen molar-refractivity contribution < 1.29 is 14.3 Å². The molecule has 0 unspecified atom stereocenters. The Hall–Kier alpha value is -0.764. The van der Waals surface area contributed by atoms with Gasteiger partial charge in [-0.15, -0.1) is 0 Å². The van der Waals surface area contributed by atoms with Crippen LogP contribution in [0.3, 0.4) is 0 Å². The van der Waals surface area contributed by atoms with E-state index in [9.17, 15) is 0 Å². The Morgan fingerprint density at radius 1 is 1.22 bits per heavy atom. The topological polar surface area (TPSA) is 49.8 Å². The zero-order valence-corrected chi connectivity index (χ0v) is 5.71. The number of benzene rings is 1. The van der Waals surface area contributed by atoms with Crippen LogP contribution in [-0.4, -0.2) is 0 Å². The van der Waals surface area contributed by atoms with Gasteiger partial charge in [-0.25, -0.2) is 0 Å². The van der Waals surface area contributed by atoms with Crippen LogP contribution in [0.25, 0.3) is 0 Å². The van der Waals surface area contributed by atoms with Crippen molar-refractivity contribution in [3.8, 4) is 0 Å². The third kappa shape index (κ3) is 1.57. The van der Waals surface area contributed by atoms with Gasteiger partial charge < -0.3 is 0 Å². The van der Waals surface area contributed by atoms with E-state index < -0.39 is 0 Å². The fraction of sp³-hybridized carbons (Fsp3) is 0. The van der Waals surface area contributed by atoms with E-state index in [1.165, 1.54) is 0 Å². The number of hydrogen-bond acceptors (Lipinski definition) is 2. The molecular formula is C6H6CoN2. The molecule has 1 rings (SSSR count). The average Bonchev–Trinajstić information content (AvgIpc) is 1.90. The van der Waals surface area contributed by atoms with Gasteiger partial charge in [-0.05, 0) is 0 Å². The molecular weight excluding hydrogens is 159 g/mol. The van der Waals surface area contributed by atoms with E-state index in [0.29, 0.717) is 14.3 Å². The molecule has 0 aliphatic heterocycles. The van der Waals surface area contributed by atoms with E-state index in [2.05, 4.69) is 0 Å². The molecule has 0 atom stereocenters. The molecule has 9 heavy (non-hydrogen) atoms. The van der Waals surface area contributed by atoms with Gasteiger partial charge >= 0.3 is 58.7 Å². The zero-order chi connectivity index (χ0) is 6.69. The summed E-state index contributed by atoms with van der Waals surface area (Å²) in [7, 11) is 0. The van der Waals surface area contributed by atoms with Crippen molar-refractivity contribution in [2.24, 2.45) is 0 Å². The van der Waals surface area contributed by atoms with Crippen LogP contribution in [0.2, 0.25) is 0 Å². The first-order valence-corrected chi connectivity index (χ1v) is 3.41. The van der Waals surface area contributed by atoms with E-state index in [1.807, 2.05) is 0 Å². The summed E-state index contributed by atoms with van der Waals surface area (Å²) < 4.78 is 9.42. The van der Waals surface area contributed by atoms with Gasteiger partial charge in [-0.3, -0.25) is 0 Å². The third-order valence-corrected chi connectivity index (χ3v) is 1.56. The Morgan fingerprint density at radius 3 is 2.22 bits per heavy atom. The van der Waals surface area contributed by atoms with Crippen molar-refractivity contribution in [2.75, 3.05) is 5.73 Å². The van der Waals surface area contributed by atoms with E-state index in [0.717, 1.165) is 10.2 Å². The van der Waals surface area contributed by atoms with Gasteiger partial charge in [0.1, 0.15) is 0 Å². The van der Waals surface area contributed by atoms with Crippen LogP contribution in [0.4, 0.5) is 5.69 Å². The van der Waals surface area contributed by atoms with Crippen molar-refractivity contribution in [1.29, 1.82) is 4.23 Å². The molecule has 1 aromatic rings. The van der Waals surface area contributed by atoms with Crippen molar-refractivity contribution in [3.63, 3.8) is 0 Å². The molecule has 0 radical (unpaired) electrons. The molecule has 0 heterocycles. The summed E-state index contributed by atoms with van der Waals surface area (Å²) in [5, 5.41) is 0. The summed E-state index contributed by atoms with van der Waals surface area (Å²) in [5.41, 5.74) is 6.12. The van der Waals surface area contributed by atoms with Gasteiger partial charge in [0.15, 0.2) is 0 Å². The SMILES string of the molecule is [N]#[Co][c]1ccc(N)cc1. The number of nitrogens with two attached hydrogens (primary N) is 1. The second-order valence-corrected chi connectivity index (χ2v) is 2.43. The standard InChI is InChI=1S/C6H6N.Co.N/c7-6-4-2-1-3-5-6;;/h2-5H,7H2;;. The van der Waals surface area contributed by atoms with Crippen LogP contribution in [0.15, 0.2) is 24.3 Å². The van der Waals surface area contributed by atoms with Crippen molar-refractivity contribution in [1.82, 2.24) is 0 Å². The summed E-state index contributed by atoms with van der Waals surface area (Å²) in [6.45, 7) is 0. The quantitative estimate of drug-likeness (QED) is 0.567. The molecule has 0 aliphatic carbocycles. The predicted molar refractivity (Wildman–Crippen MR) is 32.2 cm³/mol. The number of hydrogen-bond donors (Lipinski definition) is 1. The molecule has 3 heteroatoms. The Balaban J connectivity index is 3.06. The monoisotopic (exact) mass is 165 g/mol. The Kier molecular flexibility index (Phi) is 1.90. The van der Waals surface area contributed by atoms with Crippen molar-refractivity contribution in [2.45, 2.75) is 0 Å². The predicted octanol–water partition coefficient (Wildman–Crippen LogP) is 0.456. The van der Waals surface area contributed by atoms with Crippen LogP contribution < -0.4 is 10.2 Å². The normalized spacial score (nSPS) is 9.22. The maximum absolute atomic E-state index is 8.56. The van der Waals surface area contributed by atoms with Gasteiger partial charge in [-0.1, -0.05) is 0 Å². The first kappa shape index (κ1) is 6.36. The van der Waals surface area contributed by atoms with Crippen molar-refractivity contribution >= 4 is 10.2 Å². The molecule has 0 bridgehead atoms. The maximum atomic E-state index is 8.56.